The molecule has 11 heteroatoms. The van der Waals surface area contributed by atoms with Gasteiger partial charge in [-0.15, -0.1) is 0 Å². The summed E-state index contributed by atoms with van der Waals surface area (Å²) in [6, 6.07) is 10.5. The molecule has 0 unspecified atom stereocenters. The van der Waals surface area contributed by atoms with Crippen LogP contribution in [-0.4, -0.2) is 47.5 Å². The predicted octanol–water partition coefficient (Wildman–Crippen LogP) is 2.35. The van der Waals surface area contributed by atoms with Gasteiger partial charge in [-0.2, -0.15) is 5.26 Å². The number of carbonyl (C=O) groups excluding carboxylic acids is 2. The molecular formula is C26H29N5O5S. The van der Waals surface area contributed by atoms with Gasteiger partial charge in [0.2, 0.25) is 21.8 Å². The molecule has 37 heavy (non-hydrogen) atoms. The van der Waals surface area contributed by atoms with Crippen molar-refractivity contribution >= 4 is 33.2 Å². The summed E-state index contributed by atoms with van der Waals surface area (Å²) in [7, 11) is -3.67. The maximum Gasteiger partial charge on any atom is 0.275 e. The maximum atomic E-state index is 14.0. The molecule has 1 spiro atoms. The van der Waals surface area contributed by atoms with E-state index in [2.05, 4.69) is 16.1 Å². The molecule has 1 aromatic carbocycles. The fourth-order valence-electron chi connectivity index (χ4n) is 5.41. The van der Waals surface area contributed by atoms with Crippen LogP contribution in [0.25, 0.3) is 0 Å². The van der Waals surface area contributed by atoms with Crippen LogP contribution in [0.3, 0.4) is 0 Å². The second-order valence-corrected chi connectivity index (χ2v) is 12.5. The lowest BCUT2D eigenvalue weighted by Gasteiger charge is -2.29. The number of nitrogens with one attached hydrogen (secondary N) is 2. The van der Waals surface area contributed by atoms with Gasteiger partial charge in [0.05, 0.1) is 16.7 Å². The summed E-state index contributed by atoms with van der Waals surface area (Å²) in [5, 5.41) is 12.3. The zero-order chi connectivity index (χ0) is 26.5. The average molecular weight is 524 g/mol. The number of likely N-dealkylation sites (tertiary alicyclic amines) is 1. The largest absolute Gasteiger partial charge is 0.325 e. The van der Waals surface area contributed by atoms with E-state index in [-0.39, 0.29) is 30.5 Å². The highest BCUT2D eigenvalue weighted by Crippen LogP contribution is 2.46. The van der Waals surface area contributed by atoms with Crippen molar-refractivity contribution in [3.63, 3.8) is 0 Å². The Hall–Kier alpha value is -3.65. The molecule has 3 atom stereocenters. The zero-order valence-electron chi connectivity index (χ0n) is 20.7. The molecule has 2 aromatic rings. The lowest BCUT2D eigenvalue weighted by molar-refractivity contribution is -0.135. The van der Waals surface area contributed by atoms with E-state index < -0.39 is 44.2 Å². The van der Waals surface area contributed by atoms with Crippen LogP contribution in [0, 0.1) is 17.2 Å². The van der Waals surface area contributed by atoms with Gasteiger partial charge in [0.25, 0.3) is 5.56 Å². The number of carbonyl (C=O) groups is 2. The van der Waals surface area contributed by atoms with Gasteiger partial charge < -0.3 is 14.8 Å². The molecule has 0 radical (unpaired) electrons. The molecule has 3 aliphatic rings. The molecule has 2 amide bonds. The number of hydrogen-bond donors (Lipinski definition) is 2. The van der Waals surface area contributed by atoms with E-state index in [9.17, 15) is 28.1 Å². The molecular weight excluding hydrogens is 494 g/mol. The number of benzene rings is 1. The van der Waals surface area contributed by atoms with Crippen LogP contribution < -0.4 is 15.6 Å². The molecule has 0 bridgehead atoms. The van der Waals surface area contributed by atoms with Gasteiger partial charge in [-0.25, -0.2) is 8.42 Å². The molecule has 10 nitrogen and oxygen atoms in total. The van der Waals surface area contributed by atoms with E-state index in [0.29, 0.717) is 24.9 Å². The summed E-state index contributed by atoms with van der Waals surface area (Å²) in [6.07, 6.45) is 3.01. The van der Waals surface area contributed by atoms with Gasteiger partial charge in [-0.3, -0.25) is 19.1 Å². The summed E-state index contributed by atoms with van der Waals surface area (Å²) < 4.78 is 28.6. The first-order valence-corrected chi connectivity index (χ1v) is 14.0. The standard InChI is InChI=1S/C26H29N5O5S/c1-16(2)12-22(30-11-5-8-21(23(30)32)29-37(35,36)18-9-10-18)24(33)31-15-26(13-17(31)14-27)19-6-3-4-7-20(19)28-25(26)34/h3-8,11,16-18,22,29H,9-10,12-13,15H2,1-2H3,(H,28,34)/t17-,22+,26-/m0/s1. The van der Waals surface area contributed by atoms with E-state index in [4.69, 9.17) is 0 Å². The highest BCUT2D eigenvalue weighted by Gasteiger charge is 2.56. The third-order valence-electron chi connectivity index (χ3n) is 7.42. The Morgan fingerprint density at radius 2 is 1.95 bits per heavy atom. The van der Waals surface area contributed by atoms with Crippen molar-refractivity contribution in [2.45, 2.75) is 62.3 Å². The van der Waals surface area contributed by atoms with E-state index in [0.717, 1.165) is 5.56 Å². The number of sulfonamides is 1. The molecule has 3 heterocycles. The van der Waals surface area contributed by atoms with Crippen molar-refractivity contribution in [2.24, 2.45) is 5.92 Å². The number of fused-ring (bicyclic) bond motifs is 2. The second-order valence-electron chi connectivity index (χ2n) is 10.5. The highest BCUT2D eigenvalue weighted by molar-refractivity contribution is 7.93. The third-order valence-corrected chi connectivity index (χ3v) is 9.27. The topological polar surface area (TPSA) is 141 Å². The van der Waals surface area contributed by atoms with Crippen molar-refractivity contribution in [1.29, 1.82) is 5.26 Å². The lowest BCUT2D eigenvalue weighted by Crippen LogP contribution is -2.45. The van der Waals surface area contributed by atoms with Crippen LogP contribution in [0.4, 0.5) is 11.4 Å². The molecule has 2 N–H and O–H groups in total. The van der Waals surface area contributed by atoms with Crippen molar-refractivity contribution in [2.75, 3.05) is 16.6 Å². The third kappa shape index (κ3) is 4.29. The first-order valence-electron chi connectivity index (χ1n) is 12.4. The average Bonchev–Trinajstić information content (AvgIpc) is 3.60. The van der Waals surface area contributed by atoms with E-state index in [1.54, 1.807) is 6.07 Å². The number of rotatable bonds is 7. The van der Waals surface area contributed by atoms with Crippen LogP contribution in [0.1, 0.15) is 51.1 Å². The number of para-hydroxylation sites is 1. The molecule has 1 saturated carbocycles. The lowest BCUT2D eigenvalue weighted by atomic mass is 9.80. The Kier molecular flexibility index (Phi) is 6.10. The predicted molar refractivity (Wildman–Crippen MR) is 137 cm³/mol. The Morgan fingerprint density at radius 1 is 1.22 bits per heavy atom. The summed E-state index contributed by atoms with van der Waals surface area (Å²) in [5.74, 6) is -0.683. The van der Waals surface area contributed by atoms with Crippen LogP contribution >= 0.6 is 0 Å². The van der Waals surface area contributed by atoms with E-state index in [1.165, 1.54) is 27.8 Å². The number of aromatic nitrogens is 1. The number of amides is 2. The van der Waals surface area contributed by atoms with Gasteiger partial charge >= 0.3 is 0 Å². The Labute approximate surface area is 215 Å². The Bertz CT molecular complexity index is 1470. The zero-order valence-corrected chi connectivity index (χ0v) is 21.5. The maximum absolute atomic E-state index is 14.0. The minimum Gasteiger partial charge on any atom is -0.325 e. The molecule has 2 fully saturated rings. The number of nitriles is 1. The summed E-state index contributed by atoms with van der Waals surface area (Å²) in [4.78, 5) is 41.9. The smallest absolute Gasteiger partial charge is 0.275 e. The Morgan fingerprint density at radius 3 is 2.62 bits per heavy atom. The molecule has 5 rings (SSSR count). The van der Waals surface area contributed by atoms with Crippen LogP contribution in [0.2, 0.25) is 0 Å². The number of anilines is 2. The molecule has 1 aromatic heterocycles. The molecule has 194 valence electrons. The fourth-order valence-corrected chi connectivity index (χ4v) is 6.79. The van der Waals surface area contributed by atoms with E-state index in [1.807, 2.05) is 32.0 Å². The van der Waals surface area contributed by atoms with E-state index >= 15 is 0 Å². The molecule has 2 aliphatic heterocycles. The number of pyridine rings is 1. The van der Waals surface area contributed by atoms with Crippen molar-refractivity contribution in [1.82, 2.24) is 9.47 Å². The van der Waals surface area contributed by atoms with Gasteiger partial charge in [-0.1, -0.05) is 32.0 Å². The van der Waals surface area contributed by atoms with Crippen LogP contribution in [0.5, 0.6) is 0 Å². The first-order chi connectivity index (χ1) is 17.6. The first kappa shape index (κ1) is 25.0. The van der Waals surface area contributed by atoms with Crippen molar-refractivity contribution in [3.05, 3.63) is 58.5 Å². The minimum atomic E-state index is -3.67. The van der Waals surface area contributed by atoms with Crippen molar-refractivity contribution in [3.8, 4) is 6.07 Å². The monoisotopic (exact) mass is 523 g/mol. The second kappa shape index (κ2) is 9.03. The number of hydrogen-bond acceptors (Lipinski definition) is 6. The fraction of sp³-hybridized carbons (Fsp3) is 0.462. The van der Waals surface area contributed by atoms with Gasteiger partial charge in [-0.05, 0) is 48.9 Å². The Balaban J connectivity index is 1.50. The highest BCUT2D eigenvalue weighted by atomic mass is 32.2. The van der Waals surface area contributed by atoms with Crippen LogP contribution in [-0.2, 0) is 25.0 Å². The minimum absolute atomic E-state index is 0.0141. The normalized spacial score (nSPS) is 23.6. The quantitative estimate of drug-likeness (QED) is 0.571. The summed E-state index contributed by atoms with van der Waals surface area (Å²) >= 11 is 0. The van der Waals surface area contributed by atoms with Gasteiger partial charge in [0.1, 0.15) is 17.8 Å². The SMILES string of the molecule is CC(C)C[C@H](C(=O)N1C[C@]2(C[C@H]1C#N)C(=O)Nc1ccccc12)n1cccc(NS(=O)(=O)C2CC2)c1=O. The summed E-state index contributed by atoms with van der Waals surface area (Å²) in [5.41, 5.74) is -0.359. The van der Waals surface area contributed by atoms with Gasteiger partial charge in [0.15, 0.2) is 0 Å². The molecule has 1 aliphatic carbocycles. The summed E-state index contributed by atoms with van der Waals surface area (Å²) in [6.45, 7) is 3.85. The number of nitrogens with zero attached hydrogens (tertiary/aromatic N) is 3. The van der Waals surface area contributed by atoms with Crippen LogP contribution in [0.15, 0.2) is 47.4 Å². The van der Waals surface area contributed by atoms with Gasteiger partial charge in [0, 0.05) is 24.8 Å². The molecule has 1 saturated heterocycles. The van der Waals surface area contributed by atoms with Crippen molar-refractivity contribution < 1.29 is 18.0 Å².